The molecule has 20 heavy (non-hydrogen) atoms. The van der Waals surface area contributed by atoms with Gasteiger partial charge in [-0.05, 0) is 38.8 Å². The summed E-state index contributed by atoms with van der Waals surface area (Å²) in [7, 11) is -1.51. The SMILES string of the molecule is CCCNCCCCS(=O)(=O)NCCCOCCOC. The van der Waals surface area contributed by atoms with Crippen LogP contribution in [-0.2, 0) is 19.5 Å². The molecule has 122 valence electrons. The second-order valence-electron chi connectivity index (χ2n) is 4.63. The van der Waals surface area contributed by atoms with Gasteiger partial charge in [-0.15, -0.1) is 0 Å². The van der Waals surface area contributed by atoms with E-state index in [1.54, 1.807) is 7.11 Å². The molecule has 0 unspecified atom stereocenters. The minimum Gasteiger partial charge on any atom is -0.382 e. The summed E-state index contributed by atoms with van der Waals surface area (Å²) in [5.74, 6) is 0.200. The Hall–Kier alpha value is -0.210. The van der Waals surface area contributed by atoms with Gasteiger partial charge in [-0.2, -0.15) is 0 Å². The maximum atomic E-state index is 11.7. The Balaban J connectivity index is 3.41. The highest BCUT2D eigenvalue weighted by Gasteiger charge is 2.08. The second kappa shape index (κ2) is 13.8. The summed E-state index contributed by atoms with van der Waals surface area (Å²) in [5, 5.41) is 3.26. The zero-order chi connectivity index (χ0) is 15.1. The van der Waals surface area contributed by atoms with Gasteiger partial charge in [0.15, 0.2) is 0 Å². The van der Waals surface area contributed by atoms with Gasteiger partial charge in [0.05, 0.1) is 19.0 Å². The van der Waals surface area contributed by atoms with Crippen molar-refractivity contribution in [1.29, 1.82) is 0 Å². The van der Waals surface area contributed by atoms with Crippen LogP contribution in [0.1, 0.15) is 32.6 Å². The molecule has 0 radical (unpaired) electrons. The fraction of sp³-hybridized carbons (Fsp3) is 1.00. The lowest BCUT2D eigenvalue weighted by atomic mass is 10.3. The van der Waals surface area contributed by atoms with Crippen molar-refractivity contribution in [3.05, 3.63) is 0 Å². The third kappa shape index (κ3) is 14.2. The summed E-state index contributed by atoms with van der Waals surface area (Å²) in [5.41, 5.74) is 0. The molecule has 0 amide bonds. The molecule has 0 aliphatic rings. The molecule has 0 heterocycles. The molecule has 0 aliphatic heterocycles. The number of unbranched alkanes of at least 4 members (excludes halogenated alkanes) is 1. The van der Waals surface area contributed by atoms with Crippen molar-refractivity contribution >= 4 is 10.0 Å². The first-order chi connectivity index (χ1) is 9.62. The number of nitrogens with one attached hydrogen (secondary N) is 2. The van der Waals surface area contributed by atoms with Gasteiger partial charge in [0, 0.05) is 20.3 Å². The molecule has 0 aromatic rings. The van der Waals surface area contributed by atoms with Crippen molar-refractivity contribution in [1.82, 2.24) is 10.0 Å². The standard InChI is InChI=1S/C13H30N2O4S/c1-3-7-14-8-4-5-13-20(16,17)15-9-6-10-19-12-11-18-2/h14-15H,3-13H2,1-2H3. The minimum atomic E-state index is -3.13. The predicted molar refractivity (Wildman–Crippen MR) is 81.5 cm³/mol. The highest BCUT2D eigenvalue weighted by molar-refractivity contribution is 7.89. The van der Waals surface area contributed by atoms with E-state index in [1.807, 2.05) is 0 Å². The van der Waals surface area contributed by atoms with Crippen LogP contribution < -0.4 is 10.0 Å². The first-order valence-electron chi connectivity index (χ1n) is 7.37. The topological polar surface area (TPSA) is 76.7 Å². The van der Waals surface area contributed by atoms with Crippen LogP contribution in [0.5, 0.6) is 0 Å². The number of sulfonamides is 1. The third-order valence-electron chi connectivity index (χ3n) is 2.66. The number of rotatable bonds is 15. The molecule has 6 nitrogen and oxygen atoms in total. The summed E-state index contributed by atoms with van der Waals surface area (Å²) in [6, 6.07) is 0. The number of methoxy groups -OCH3 is 1. The molecule has 0 aromatic carbocycles. The van der Waals surface area contributed by atoms with Crippen LogP contribution in [0.25, 0.3) is 0 Å². The van der Waals surface area contributed by atoms with Gasteiger partial charge in [-0.3, -0.25) is 0 Å². The molecule has 7 heteroatoms. The Labute approximate surface area is 123 Å². The molecule has 0 fully saturated rings. The Bertz CT molecular complexity index is 297. The van der Waals surface area contributed by atoms with Crippen molar-refractivity contribution in [2.45, 2.75) is 32.6 Å². The normalized spacial score (nSPS) is 11.9. The van der Waals surface area contributed by atoms with Crippen LogP contribution in [0.4, 0.5) is 0 Å². The molecular formula is C13H30N2O4S. The third-order valence-corrected chi connectivity index (χ3v) is 4.13. The van der Waals surface area contributed by atoms with Gasteiger partial charge in [-0.25, -0.2) is 13.1 Å². The fourth-order valence-corrected chi connectivity index (χ4v) is 2.75. The van der Waals surface area contributed by atoms with E-state index in [2.05, 4.69) is 17.0 Å². The van der Waals surface area contributed by atoms with Gasteiger partial charge < -0.3 is 14.8 Å². The lowest BCUT2D eigenvalue weighted by Crippen LogP contribution is -2.28. The van der Waals surface area contributed by atoms with Gasteiger partial charge in [-0.1, -0.05) is 6.92 Å². The molecule has 0 atom stereocenters. The number of ether oxygens (including phenoxy) is 2. The molecule has 0 saturated carbocycles. The van der Waals surface area contributed by atoms with Gasteiger partial charge >= 0.3 is 0 Å². The van der Waals surface area contributed by atoms with Crippen LogP contribution in [0.15, 0.2) is 0 Å². The van der Waals surface area contributed by atoms with E-state index in [9.17, 15) is 8.42 Å². The van der Waals surface area contributed by atoms with E-state index in [4.69, 9.17) is 9.47 Å². The lowest BCUT2D eigenvalue weighted by Gasteiger charge is -2.07. The largest absolute Gasteiger partial charge is 0.382 e. The van der Waals surface area contributed by atoms with Crippen LogP contribution in [0, 0.1) is 0 Å². The molecule has 0 bridgehead atoms. The van der Waals surface area contributed by atoms with Gasteiger partial charge in [0.25, 0.3) is 0 Å². The predicted octanol–water partition coefficient (Wildman–Crippen LogP) is 0.739. The number of hydrogen-bond acceptors (Lipinski definition) is 5. The van der Waals surface area contributed by atoms with Crippen molar-refractivity contribution in [3.8, 4) is 0 Å². The van der Waals surface area contributed by atoms with Crippen molar-refractivity contribution in [2.24, 2.45) is 0 Å². The summed E-state index contributed by atoms with van der Waals surface area (Å²) < 4.78 is 36.0. The van der Waals surface area contributed by atoms with E-state index in [-0.39, 0.29) is 5.75 Å². The monoisotopic (exact) mass is 310 g/mol. The molecule has 0 saturated heterocycles. The maximum Gasteiger partial charge on any atom is 0.211 e. The van der Waals surface area contributed by atoms with E-state index in [0.717, 1.165) is 25.9 Å². The molecule has 0 aromatic heterocycles. The summed E-state index contributed by atoms with van der Waals surface area (Å²) in [6.45, 7) is 6.09. The van der Waals surface area contributed by atoms with Crippen molar-refractivity contribution in [3.63, 3.8) is 0 Å². The highest BCUT2D eigenvalue weighted by Crippen LogP contribution is 1.94. The van der Waals surface area contributed by atoms with Crippen LogP contribution >= 0.6 is 0 Å². The van der Waals surface area contributed by atoms with E-state index in [0.29, 0.717) is 39.2 Å². The van der Waals surface area contributed by atoms with E-state index in [1.165, 1.54) is 0 Å². The van der Waals surface area contributed by atoms with Gasteiger partial charge in [0.1, 0.15) is 0 Å². The van der Waals surface area contributed by atoms with Crippen molar-refractivity contribution < 1.29 is 17.9 Å². The average Bonchev–Trinajstić information content (AvgIpc) is 2.41. The first-order valence-corrected chi connectivity index (χ1v) is 9.02. The molecular weight excluding hydrogens is 280 g/mol. The average molecular weight is 310 g/mol. The summed E-state index contributed by atoms with van der Waals surface area (Å²) >= 11 is 0. The summed E-state index contributed by atoms with van der Waals surface area (Å²) in [6.07, 6.45) is 3.37. The highest BCUT2D eigenvalue weighted by atomic mass is 32.2. The van der Waals surface area contributed by atoms with Crippen LogP contribution in [-0.4, -0.2) is 60.7 Å². The maximum absolute atomic E-state index is 11.7. The molecule has 0 rings (SSSR count). The Morgan fingerprint density at radius 2 is 1.75 bits per heavy atom. The van der Waals surface area contributed by atoms with E-state index < -0.39 is 10.0 Å². The Morgan fingerprint density at radius 3 is 2.45 bits per heavy atom. The minimum absolute atomic E-state index is 0.200. The smallest absolute Gasteiger partial charge is 0.211 e. The zero-order valence-electron chi connectivity index (χ0n) is 12.8. The Morgan fingerprint density at radius 1 is 0.950 bits per heavy atom. The Kier molecular flexibility index (Phi) is 13.6. The summed E-state index contributed by atoms with van der Waals surface area (Å²) in [4.78, 5) is 0. The van der Waals surface area contributed by atoms with E-state index >= 15 is 0 Å². The molecule has 0 spiro atoms. The fourth-order valence-electron chi connectivity index (χ4n) is 1.56. The van der Waals surface area contributed by atoms with Crippen LogP contribution in [0.3, 0.4) is 0 Å². The van der Waals surface area contributed by atoms with Gasteiger partial charge in [0.2, 0.25) is 10.0 Å². The van der Waals surface area contributed by atoms with Crippen molar-refractivity contribution in [2.75, 3.05) is 52.3 Å². The quantitative estimate of drug-likeness (QED) is 0.436. The zero-order valence-corrected chi connectivity index (χ0v) is 13.6. The molecule has 2 N–H and O–H groups in total. The lowest BCUT2D eigenvalue weighted by molar-refractivity contribution is 0.0699. The number of hydrogen-bond donors (Lipinski definition) is 2. The van der Waals surface area contributed by atoms with Crippen LogP contribution in [0.2, 0.25) is 0 Å². The second-order valence-corrected chi connectivity index (χ2v) is 6.56. The molecule has 0 aliphatic carbocycles. The first kappa shape index (κ1) is 19.8.